The maximum absolute atomic E-state index is 12.5. The summed E-state index contributed by atoms with van der Waals surface area (Å²) in [6.45, 7) is 5.57. The normalized spacial score (nSPS) is 11.3. The Bertz CT molecular complexity index is 1080. The van der Waals surface area contributed by atoms with E-state index in [1.54, 1.807) is 12.1 Å². The summed E-state index contributed by atoms with van der Waals surface area (Å²) >= 11 is 0. The van der Waals surface area contributed by atoms with E-state index in [0.29, 0.717) is 5.56 Å². The topological polar surface area (TPSA) is 105 Å². The molecule has 2 aromatic rings. The highest BCUT2D eigenvalue weighted by atomic mass is 32.2. The number of carbonyl (C=O) groups is 1. The summed E-state index contributed by atoms with van der Waals surface area (Å²) < 4.78 is 35.4. The summed E-state index contributed by atoms with van der Waals surface area (Å²) in [5.41, 5.74) is 1.27. The van der Waals surface area contributed by atoms with Crippen LogP contribution in [0.1, 0.15) is 11.1 Å². The van der Waals surface area contributed by atoms with E-state index in [0.717, 1.165) is 5.56 Å². The van der Waals surface area contributed by atoms with Crippen molar-refractivity contribution in [3.05, 3.63) is 71.8 Å². The van der Waals surface area contributed by atoms with Gasteiger partial charge >= 0.3 is 10.1 Å². The first-order chi connectivity index (χ1) is 13.8. The number of ether oxygens (including phenoxy) is 1. The minimum atomic E-state index is -4.05. The second kappa shape index (κ2) is 9.57. The third-order valence-corrected chi connectivity index (χ3v) is 5.03. The number of methoxy groups -OCH3 is 1. The summed E-state index contributed by atoms with van der Waals surface area (Å²) in [5, 5.41) is 11.7. The Balaban J connectivity index is 2.32. The first-order valence-electron chi connectivity index (χ1n) is 8.51. The number of amides is 1. The van der Waals surface area contributed by atoms with Crippen LogP contribution < -0.4 is 14.2 Å². The van der Waals surface area contributed by atoms with Crippen LogP contribution in [0.25, 0.3) is 6.08 Å². The van der Waals surface area contributed by atoms with Gasteiger partial charge in [-0.05, 0) is 42.8 Å². The van der Waals surface area contributed by atoms with Crippen LogP contribution in [-0.4, -0.2) is 28.0 Å². The number of nitriles is 1. The average molecular weight is 412 g/mol. The summed E-state index contributed by atoms with van der Waals surface area (Å²) in [4.78, 5) is 12.0. The monoisotopic (exact) mass is 412 g/mol. The van der Waals surface area contributed by atoms with Gasteiger partial charge in [-0.2, -0.15) is 13.7 Å². The predicted octanol–water partition coefficient (Wildman–Crippen LogP) is 2.98. The van der Waals surface area contributed by atoms with Crippen LogP contribution in [-0.2, 0) is 14.9 Å². The molecule has 0 fully saturated rings. The lowest BCUT2D eigenvalue weighted by Crippen LogP contribution is -2.24. The van der Waals surface area contributed by atoms with Crippen molar-refractivity contribution >= 4 is 22.1 Å². The lowest BCUT2D eigenvalue weighted by Gasteiger charge is -2.11. The number of carbonyl (C=O) groups excluding carboxylic acids is 1. The highest BCUT2D eigenvalue weighted by Crippen LogP contribution is 2.31. The van der Waals surface area contributed by atoms with Crippen LogP contribution in [0, 0.1) is 18.3 Å². The largest absolute Gasteiger partial charge is 0.493 e. The maximum Gasteiger partial charge on any atom is 0.339 e. The van der Waals surface area contributed by atoms with Gasteiger partial charge in [0.1, 0.15) is 16.5 Å². The van der Waals surface area contributed by atoms with Crippen molar-refractivity contribution < 1.29 is 22.1 Å². The summed E-state index contributed by atoms with van der Waals surface area (Å²) in [5.74, 6) is -0.424. The molecule has 0 unspecified atom stereocenters. The van der Waals surface area contributed by atoms with E-state index in [4.69, 9.17) is 8.92 Å². The van der Waals surface area contributed by atoms with Crippen molar-refractivity contribution in [1.29, 1.82) is 5.26 Å². The smallest absolute Gasteiger partial charge is 0.339 e. The molecule has 0 radical (unpaired) electrons. The zero-order valence-electron chi connectivity index (χ0n) is 16.0. The average Bonchev–Trinajstić information content (AvgIpc) is 2.71. The third kappa shape index (κ3) is 5.70. The molecule has 0 aliphatic carbocycles. The van der Waals surface area contributed by atoms with Gasteiger partial charge in [-0.25, -0.2) is 0 Å². The maximum atomic E-state index is 12.5. The molecule has 0 aliphatic rings. The van der Waals surface area contributed by atoms with Gasteiger partial charge in [0.05, 0.1) is 7.11 Å². The van der Waals surface area contributed by atoms with Gasteiger partial charge in [0.15, 0.2) is 11.5 Å². The van der Waals surface area contributed by atoms with E-state index < -0.39 is 16.0 Å². The fraction of sp³-hybridized carbons (Fsp3) is 0.143. The zero-order valence-corrected chi connectivity index (χ0v) is 16.8. The SMILES string of the molecule is C=CCNC(=O)C(C#N)=Cc1ccc(OS(=O)(=O)c2ccc(C)cc2)c(OC)c1. The standard InChI is InChI=1S/C21H20N2O5S/c1-4-11-23-21(24)17(14-22)12-16-7-10-19(20(13-16)27-3)28-29(25,26)18-8-5-15(2)6-9-18/h4-10,12-13H,1,11H2,2-3H3,(H,23,24). The predicted molar refractivity (Wildman–Crippen MR) is 109 cm³/mol. The van der Waals surface area contributed by atoms with Crippen LogP contribution in [0.2, 0.25) is 0 Å². The number of hydrogen-bond donors (Lipinski definition) is 1. The first-order valence-corrected chi connectivity index (χ1v) is 9.91. The minimum Gasteiger partial charge on any atom is -0.493 e. The molecule has 2 rings (SSSR count). The molecule has 0 saturated carbocycles. The Labute approximate surface area is 170 Å². The van der Waals surface area contributed by atoms with Gasteiger partial charge in [-0.15, -0.1) is 6.58 Å². The van der Waals surface area contributed by atoms with Gasteiger partial charge < -0.3 is 14.2 Å². The van der Waals surface area contributed by atoms with Crippen molar-refractivity contribution in [3.8, 4) is 17.6 Å². The van der Waals surface area contributed by atoms with Crippen molar-refractivity contribution in [2.24, 2.45) is 0 Å². The molecule has 0 saturated heterocycles. The molecule has 7 nitrogen and oxygen atoms in total. The molecule has 0 aromatic heterocycles. The second-order valence-electron chi connectivity index (χ2n) is 5.93. The number of nitrogens with one attached hydrogen (secondary N) is 1. The molecule has 29 heavy (non-hydrogen) atoms. The molecule has 150 valence electrons. The lowest BCUT2D eigenvalue weighted by atomic mass is 10.1. The number of rotatable bonds is 8. The van der Waals surface area contributed by atoms with Crippen LogP contribution in [0.15, 0.2) is 65.6 Å². The molecular formula is C21H20N2O5S. The van der Waals surface area contributed by atoms with Gasteiger partial charge in [0.25, 0.3) is 5.91 Å². The number of aryl methyl sites for hydroxylation is 1. The van der Waals surface area contributed by atoms with E-state index in [-0.39, 0.29) is 28.5 Å². The Kier molecular flexibility index (Phi) is 7.17. The minimum absolute atomic E-state index is 0.0137. The Morgan fingerprint density at radius 3 is 2.48 bits per heavy atom. The van der Waals surface area contributed by atoms with Crippen molar-refractivity contribution in [2.45, 2.75) is 11.8 Å². The summed E-state index contributed by atoms with van der Waals surface area (Å²) in [6, 6.07) is 12.4. The van der Waals surface area contributed by atoms with E-state index in [1.807, 2.05) is 13.0 Å². The van der Waals surface area contributed by atoms with Gasteiger partial charge in [0, 0.05) is 6.54 Å². The van der Waals surface area contributed by atoms with Gasteiger partial charge in [-0.1, -0.05) is 29.8 Å². The fourth-order valence-electron chi connectivity index (χ4n) is 2.29. The molecule has 0 bridgehead atoms. The molecule has 1 N–H and O–H groups in total. The molecule has 1 amide bonds. The third-order valence-electron chi connectivity index (χ3n) is 3.78. The van der Waals surface area contributed by atoms with Crippen molar-refractivity contribution in [3.63, 3.8) is 0 Å². The second-order valence-corrected chi connectivity index (χ2v) is 7.48. The number of benzene rings is 2. The number of hydrogen-bond acceptors (Lipinski definition) is 6. The lowest BCUT2D eigenvalue weighted by molar-refractivity contribution is -0.116. The van der Waals surface area contributed by atoms with E-state index in [9.17, 15) is 18.5 Å². The van der Waals surface area contributed by atoms with Crippen LogP contribution in [0.5, 0.6) is 11.5 Å². The summed E-state index contributed by atoms with van der Waals surface area (Å²) in [6.07, 6.45) is 2.86. The quantitative estimate of drug-likeness (QED) is 0.309. The Morgan fingerprint density at radius 1 is 1.21 bits per heavy atom. The number of nitrogens with zero attached hydrogens (tertiary/aromatic N) is 1. The molecule has 0 heterocycles. The fourth-order valence-corrected chi connectivity index (χ4v) is 3.23. The highest BCUT2D eigenvalue weighted by molar-refractivity contribution is 7.87. The Hall–Kier alpha value is -3.57. The zero-order chi connectivity index (χ0) is 21.4. The van der Waals surface area contributed by atoms with Crippen LogP contribution in [0.3, 0.4) is 0 Å². The molecule has 8 heteroatoms. The van der Waals surface area contributed by atoms with E-state index in [1.165, 1.54) is 49.6 Å². The molecule has 2 aromatic carbocycles. The van der Waals surface area contributed by atoms with Gasteiger partial charge in [-0.3, -0.25) is 4.79 Å². The van der Waals surface area contributed by atoms with Gasteiger partial charge in [0.2, 0.25) is 0 Å². The van der Waals surface area contributed by atoms with E-state index >= 15 is 0 Å². The van der Waals surface area contributed by atoms with Crippen molar-refractivity contribution in [1.82, 2.24) is 5.32 Å². The highest BCUT2D eigenvalue weighted by Gasteiger charge is 2.19. The van der Waals surface area contributed by atoms with Crippen molar-refractivity contribution in [2.75, 3.05) is 13.7 Å². The molecule has 0 spiro atoms. The molecule has 0 atom stereocenters. The van der Waals surface area contributed by atoms with Crippen LogP contribution in [0.4, 0.5) is 0 Å². The van der Waals surface area contributed by atoms with E-state index in [2.05, 4.69) is 11.9 Å². The first kappa shape index (κ1) is 21.7. The summed E-state index contributed by atoms with van der Waals surface area (Å²) in [7, 11) is -2.69. The Morgan fingerprint density at radius 2 is 1.90 bits per heavy atom. The molecule has 0 aliphatic heterocycles. The van der Waals surface area contributed by atoms with Crippen LogP contribution >= 0.6 is 0 Å². The molecular weight excluding hydrogens is 392 g/mol.